The van der Waals surface area contributed by atoms with E-state index in [1.807, 2.05) is 52.9 Å². The predicted molar refractivity (Wildman–Crippen MR) is 128 cm³/mol. The Hall–Kier alpha value is -3.46. The van der Waals surface area contributed by atoms with Crippen LogP contribution in [0, 0.1) is 5.92 Å². The van der Waals surface area contributed by atoms with Crippen molar-refractivity contribution < 1.29 is 0 Å². The van der Waals surface area contributed by atoms with Crippen molar-refractivity contribution >= 4 is 45.2 Å². The average molecular weight is 446 g/mol. The summed E-state index contributed by atoms with van der Waals surface area (Å²) in [5, 5.41) is 11.0. The predicted octanol–water partition coefficient (Wildman–Crippen LogP) is 3.91. The molecule has 5 rings (SSSR count). The summed E-state index contributed by atoms with van der Waals surface area (Å²) in [7, 11) is 0. The number of hydrogen-bond donors (Lipinski definition) is 1. The topological polar surface area (TPSA) is 104 Å². The Morgan fingerprint density at radius 2 is 1.75 bits per heavy atom. The van der Waals surface area contributed by atoms with Gasteiger partial charge in [-0.25, -0.2) is 9.97 Å². The van der Waals surface area contributed by atoms with Gasteiger partial charge in [-0.3, -0.25) is 13.8 Å². The Balaban J connectivity index is 1.57. The maximum absolute atomic E-state index is 13.1. The van der Waals surface area contributed by atoms with Crippen molar-refractivity contribution in [1.82, 2.24) is 29.1 Å². The standard InChI is InChI=1S/C23H23N7OS/c1-14(2)11-12-29-21(31)16-8-4-6-10-18(16)30-22(29)27-28-23(30)32-13-19-25-17-9-5-3-7-15(17)20(24)26-19/h3-10,14H,11-13H2,1-2H3,(H2,24,25,26). The second kappa shape index (κ2) is 8.23. The third-order valence-corrected chi connectivity index (χ3v) is 6.34. The molecule has 8 nitrogen and oxygen atoms in total. The zero-order valence-corrected chi connectivity index (χ0v) is 18.7. The number of aromatic nitrogens is 6. The minimum absolute atomic E-state index is 0.0386. The third-order valence-electron chi connectivity index (χ3n) is 5.42. The van der Waals surface area contributed by atoms with Gasteiger partial charge in [0.1, 0.15) is 11.6 Å². The molecule has 0 bridgehead atoms. The number of thioether (sulfide) groups is 1. The smallest absolute Gasteiger partial charge is 0.262 e. The molecule has 9 heteroatoms. The largest absolute Gasteiger partial charge is 0.383 e. The van der Waals surface area contributed by atoms with Crippen LogP contribution < -0.4 is 11.3 Å². The quantitative estimate of drug-likeness (QED) is 0.395. The van der Waals surface area contributed by atoms with E-state index in [4.69, 9.17) is 5.73 Å². The molecule has 2 aromatic carbocycles. The number of nitrogens with zero attached hydrogens (tertiary/aromatic N) is 6. The van der Waals surface area contributed by atoms with E-state index >= 15 is 0 Å². The van der Waals surface area contributed by atoms with Crippen LogP contribution in [-0.4, -0.2) is 29.1 Å². The minimum Gasteiger partial charge on any atom is -0.383 e. The van der Waals surface area contributed by atoms with Gasteiger partial charge < -0.3 is 5.73 Å². The van der Waals surface area contributed by atoms with Crippen LogP contribution in [0.15, 0.2) is 58.5 Å². The van der Waals surface area contributed by atoms with Crippen molar-refractivity contribution in [3.63, 3.8) is 0 Å². The van der Waals surface area contributed by atoms with Gasteiger partial charge in [-0.1, -0.05) is 49.9 Å². The first-order valence-electron chi connectivity index (χ1n) is 10.5. The molecule has 2 N–H and O–H groups in total. The molecule has 32 heavy (non-hydrogen) atoms. The van der Waals surface area contributed by atoms with E-state index in [2.05, 4.69) is 34.0 Å². The van der Waals surface area contributed by atoms with Crippen LogP contribution >= 0.6 is 11.8 Å². The van der Waals surface area contributed by atoms with Gasteiger partial charge >= 0.3 is 0 Å². The molecule has 0 aliphatic rings. The van der Waals surface area contributed by atoms with E-state index in [9.17, 15) is 4.79 Å². The lowest BCUT2D eigenvalue weighted by molar-refractivity contribution is 0.512. The van der Waals surface area contributed by atoms with E-state index in [-0.39, 0.29) is 5.56 Å². The fraction of sp³-hybridized carbons (Fsp3) is 0.261. The molecule has 0 atom stereocenters. The van der Waals surface area contributed by atoms with Gasteiger partial charge in [0.25, 0.3) is 5.56 Å². The van der Waals surface area contributed by atoms with Gasteiger partial charge in [0.05, 0.1) is 22.2 Å². The lowest BCUT2D eigenvalue weighted by atomic mass is 10.1. The summed E-state index contributed by atoms with van der Waals surface area (Å²) < 4.78 is 3.68. The molecule has 162 valence electrons. The highest BCUT2D eigenvalue weighted by Crippen LogP contribution is 2.25. The maximum atomic E-state index is 13.1. The number of para-hydroxylation sites is 2. The Morgan fingerprint density at radius 3 is 2.56 bits per heavy atom. The van der Waals surface area contributed by atoms with E-state index in [0.29, 0.717) is 46.2 Å². The van der Waals surface area contributed by atoms with Crippen LogP contribution in [0.4, 0.5) is 5.82 Å². The number of rotatable bonds is 6. The molecule has 3 aromatic heterocycles. The molecule has 0 aliphatic carbocycles. The number of benzene rings is 2. The summed E-state index contributed by atoms with van der Waals surface area (Å²) in [6.07, 6.45) is 0.882. The molecule has 0 fully saturated rings. The van der Waals surface area contributed by atoms with Gasteiger partial charge in [0.2, 0.25) is 5.78 Å². The number of hydrogen-bond acceptors (Lipinski definition) is 7. The van der Waals surface area contributed by atoms with Crippen molar-refractivity contribution in [3.05, 3.63) is 64.7 Å². The van der Waals surface area contributed by atoms with Gasteiger partial charge in [-0.05, 0) is 36.6 Å². The molecule has 0 spiro atoms. The average Bonchev–Trinajstić information content (AvgIpc) is 3.21. The fourth-order valence-electron chi connectivity index (χ4n) is 3.76. The molecule has 0 radical (unpaired) electrons. The zero-order valence-electron chi connectivity index (χ0n) is 17.9. The third kappa shape index (κ3) is 3.58. The van der Waals surface area contributed by atoms with Crippen molar-refractivity contribution in [2.45, 2.75) is 37.7 Å². The molecule has 0 amide bonds. The van der Waals surface area contributed by atoms with Crippen LogP contribution in [0.1, 0.15) is 26.1 Å². The maximum Gasteiger partial charge on any atom is 0.262 e. The van der Waals surface area contributed by atoms with Crippen LogP contribution in [0.3, 0.4) is 0 Å². The molecule has 5 aromatic rings. The Morgan fingerprint density at radius 1 is 1.00 bits per heavy atom. The highest BCUT2D eigenvalue weighted by atomic mass is 32.2. The summed E-state index contributed by atoms with van der Waals surface area (Å²) in [4.78, 5) is 22.2. The number of aryl methyl sites for hydroxylation is 1. The van der Waals surface area contributed by atoms with Gasteiger partial charge in [0, 0.05) is 11.9 Å². The van der Waals surface area contributed by atoms with Crippen molar-refractivity contribution in [1.29, 1.82) is 0 Å². The summed E-state index contributed by atoms with van der Waals surface area (Å²) in [6, 6.07) is 15.3. The second-order valence-corrected chi connectivity index (χ2v) is 9.05. The van der Waals surface area contributed by atoms with Crippen LogP contribution in [0.2, 0.25) is 0 Å². The van der Waals surface area contributed by atoms with E-state index in [1.54, 1.807) is 4.57 Å². The Labute approximate surface area is 188 Å². The normalized spacial score (nSPS) is 11.8. The van der Waals surface area contributed by atoms with E-state index in [1.165, 1.54) is 11.8 Å². The van der Waals surface area contributed by atoms with Gasteiger partial charge in [0.15, 0.2) is 5.16 Å². The SMILES string of the molecule is CC(C)CCn1c(=O)c2ccccc2n2c(SCc3nc(N)c4ccccc4n3)nnc12. The Bertz CT molecular complexity index is 1510. The summed E-state index contributed by atoms with van der Waals surface area (Å²) in [5.41, 5.74) is 7.70. The molecule has 0 saturated heterocycles. The first kappa shape index (κ1) is 20.4. The van der Waals surface area contributed by atoms with Crippen LogP contribution in [-0.2, 0) is 12.3 Å². The van der Waals surface area contributed by atoms with E-state index in [0.717, 1.165) is 22.8 Å². The van der Waals surface area contributed by atoms with Crippen LogP contribution in [0.5, 0.6) is 0 Å². The summed E-state index contributed by atoms with van der Waals surface area (Å²) in [6.45, 7) is 4.88. The number of anilines is 1. The lowest BCUT2D eigenvalue weighted by Crippen LogP contribution is -2.24. The van der Waals surface area contributed by atoms with Gasteiger partial charge in [-0.2, -0.15) is 0 Å². The van der Waals surface area contributed by atoms with Crippen molar-refractivity contribution in [3.8, 4) is 0 Å². The minimum atomic E-state index is -0.0386. The number of fused-ring (bicyclic) bond motifs is 4. The monoisotopic (exact) mass is 445 g/mol. The first-order chi connectivity index (χ1) is 15.5. The van der Waals surface area contributed by atoms with Crippen LogP contribution in [0.25, 0.3) is 27.6 Å². The molecule has 3 heterocycles. The Kier molecular flexibility index (Phi) is 5.26. The molecule has 0 saturated carbocycles. The number of nitrogen functional groups attached to an aromatic ring is 1. The molecule has 0 unspecified atom stereocenters. The highest BCUT2D eigenvalue weighted by molar-refractivity contribution is 7.98. The fourth-order valence-corrected chi connectivity index (χ4v) is 4.56. The molecular weight excluding hydrogens is 422 g/mol. The second-order valence-electron chi connectivity index (χ2n) is 8.11. The number of nitrogens with two attached hydrogens (primary N) is 1. The van der Waals surface area contributed by atoms with E-state index < -0.39 is 0 Å². The molecule has 0 aliphatic heterocycles. The highest BCUT2D eigenvalue weighted by Gasteiger charge is 2.17. The summed E-state index contributed by atoms with van der Waals surface area (Å²) >= 11 is 1.47. The lowest BCUT2D eigenvalue weighted by Gasteiger charge is -2.12. The summed E-state index contributed by atoms with van der Waals surface area (Å²) in [5.74, 6) is 2.59. The van der Waals surface area contributed by atoms with Crippen molar-refractivity contribution in [2.24, 2.45) is 5.92 Å². The van der Waals surface area contributed by atoms with Gasteiger partial charge in [-0.15, -0.1) is 10.2 Å². The molecular formula is C23H23N7OS. The zero-order chi connectivity index (χ0) is 22.2. The van der Waals surface area contributed by atoms with Crippen molar-refractivity contribution in [2.75, 3.05) is 5.73 Å². The first-order valence-corrected chi connectivity index (χ1v) is 11.5.